The van der Waals surface area contributed by atoms with Crippen LogP contribution < -0.4 is 5.32 Å². The third-order valence-electron chi connectivity index (χ3n) is 5.19. The zero-order valence-electron chi connectivity index (χ0n) is 15.5. The monoisotopic (exact) mass is 508 g/mol. The van der Waals surface area contributed by atoms with Gasteiger partial charge in [0.1, 0.15) is 11.9 Å². The smallest absolute Gasteiger partial charge is 0.387 e. The van der Waals surface area contributed by atoms with E-state index >= 15 is 0 Å². The molecule has 10 heteroatoms. The predicted molar refractivity (Wildman–Crippen MR) is 107 cm³/mol. The molecule has 2 aromatic rings. The van der Waals surface area contributed by atoms with Crippen LogP contribution in [0.3, 0.4) is 0 Å². The second-order valence-electron chi connectivity index (χ2n) is 7.26. The molecule has 2 N–H and O–H groups in total. The molecular weight excluding hydrogens is 492 g/mol. The van der Waals surface area contributed by atoms with Crippen molar-refractivity contribution in [1.29, 1.82) is 0 Å². The Bertz CT molecular complexity index is 933. The van der Waals surface area contributed by atoms with Gasteiger partial charge in [-0.25, -0.2) is 9.37 Å². The summed E-state index contributed by atoms with van der Waals surface area (Å²) in [6.45, 7) is 0. The summed E-state index contributed by atoms with van der Waals surface area (Å²) >= 11 is 9.14. The van der Waals surface area contributed by atoms with Gasteiger partial charge in [0.2, 0.25) is 0 Å². The lowest BCUT2D eigenvalue weighted by atomic mass is 9.76. The van der Waals surface area contributed by atoms with Crippen LogP contribution in [0.1, 0.15) is 53.3 Å². The molecule has 1 atom stereocenters. The minimum atomic E-state index is -4.75. The Hall–Kier alpha value is -1.71. The third-order valence-corrected chi connectivity index (χ3v) is 6.06. The molecule has 1 fully saturated rings. The van der Waals surface area contributed by atoms with Crippen molar-refractivity contribution in [3.8, 4) is 0 Å². The zero-order chi connectivity index (χ0) is 22.1. The summed E-state index contributed by atoms with van der Waals surface area (Å²) in [5, 5.41) is 13.0. The van der Waals surface area contributed by atoms with E-state index in [1.54, 1.807) is 24.3 Å². The average Bonchev–Trinajstić information content (AvgIpc) is 2.67. The van der Waals surface area contributed by atoms with Crippen molar-refractivity contribution in [3.63, 3.8) is 0 Å². The second kappa shape index (κ2) is 8.80. The van der Waals surface area contributed by atoms with Gasteiger partial charge in [-0.3, -0.25) is 4.79 Å². The number of nitrogens with one attached hydrogen (secondary N) is 1. The Morgan fingerprint density at radius 3 is 2.57 bits per heavy atom. The van der Waals surface area contributed by atoms with Gasteiger partial charge in [-0.2, -0.15) is 13.2 Å². The van der Waals surface area contributed by atoms with Gasteiger partial charge in [0.05, 0.1) is 22.2 Å². The number of amides is 1. The molecule has 0 unspecified atom stereocenters. The molecule has 1 aliphatic carbocycles. The van der Waals surface area contributed by atoms with Crippen LogP contribution in [-0.2, 0) is 6.18 Å². The molecule has 0 saturated heterocycles. The van der Waals surface area contributed by atoms with E-state index in [2.05, 4.69) is 26.2 Å². The number of aromatic nitrogens is 1. The number of pyridine rings is 1. The third kappa shape index (κ3) is 4.95. The van der Waals surface area contributed by atoms with E-state index < -0.39 is 46.2 Å². The number of carbonyl (C=O) groups excluding carboxylic acids is 1. The van der Waals surface area contributed by atoms with Gasteiger partial charge in [-0.15, -0.1) is 0 Å². The fourth-order valence-electron chi connectivity index (χ4n) is 3.61. The zero-order valence-corrected chi connectivity index (χ0v) is 17.9. The van der Waals surface area contributed by atoms with E-state index in [-0.39, 0.29) is 25.7 Å². The van der Waals surface area contributed by atoms with Crippen LogP contribution in [0, 0.1) is 0 Å². The Kier molecular flexibility index (Phi) is 6.74. The van der Waals surface area contributed by atoms with Crippen molar-refractivity contribution in [1.82, 2.24) is 10.3 Å². The highest BCUT2D eigenvalue weighted by Crippen LogP contribution is 2.41. The van der Waals surface area contributed by atoms with E-state index in [9.17, 15) is 27.5 Å². The molecule has 0 spiro atoms. The molecule has 0 aliphatic heterocycles. The average molecular weight is 510 g/mol. The number of halogens is 6. The van der Waals surface area contributed by atoms with Gasteiger partial charge in [0.15, 0.2) is 0 Å². The summed E-state index contributed by atoms with van der Waals surface area (Å²) in [5.41, 5.74) is -2.75. The van der Waals surface area contributed by atoms with Gasteiger partial charge < -0.3 is 10.4 Å². The molecule has 0 radical (unpaired) electrons. The number of benzene rings is 1. The van der Waals surface area contributed by atoms with Crippen LogP contribution >= 0.6 is 27.5 Å². The minimum Gasteiger partial charge on any atom is -0.387 e. The molecular formula is C20H18BrClF4N2O2. The number of aliphatic hydroxyl groups is 1. The van der Waals surface area contributed by atoms with Crippen molar-refractivity contribution >= 4 is 33.4 Å². The maximum atomic E-state index is 13.7. The van der Waals surface area contributed by atoms with E-state index in [1.165, 1.54) is 0 Å². The topological polar surface area (TPSA) is 62.2 Å². The number of nitrogens with zero attached hydrogens (tertiary/aromatic N) is 1. The predicted octanol–water partition coefficient (Wildman–Crippen LogP) is 5.63. The first-order valence-electron chi connectivity index (χ1n) is 9.16. The van der Waals surface area contributed by atoms with Crippen LogP contribution in [-0.4, -0.2) is 27.8 Å². The number of hydrogen-bond acceptors (Lipinski definition) is 3. The SMILES string of the molecule is O=C(N[C@H](c1cccc(Br)c1)[C@]1(O)CC[C@@H](F)CC1)c1nccc(C(F)(F)F)c1Cl. The van der Waals surface area contributed by atoms with Crippen LogP contribution in [0.4, 0.5) is 17.6 Å². The summed E-state index contributed by atoms with van der Waals surface area (Å²) < 4.78 is 53.7. The largest absolute Gasteiger partial charge is 0.417 e. The lowest BCUT2D eigenvalue weighted by Crippen LogP contribution is -2.48. The van der Waals surface area contributed by atoms with Crippen molar-refractivity contribution in [3.05, 3.63) is 62.8 Å². The number of carbonyl (C=O) groups is 1. The molecule has 3 rings (SSSR count). The molecule has 1 aliphatic rings. The highest BCUT2D eigenvalue weighted by molar-refractivity contribution is 9.10. The summed E-state index contributed by atoms with van der Waals surface area (Å²) in [4.78, 5) is 16.5. The molecule has 1 aromatic heterocycles. The van der Waals surface area contributed by atoms with E-state index in [0.717, 1.165) is 6.20 Å². The van der Waals surface area contributed by atoms with Gasteiger partial charge >= 0.3 is 6.18 Å². The van der Waals surface area contributed by atoms with Gasteiger partial charge in [-0.1, -0.05) is 39.7 Å². The number of hydrogen-bond donors (Lipinski definition) is 2. The molecule has 0 bridgehead atoms. The molecule has 1 heterocycles. The maximum absolute atomic E-state index is 13.7. The maximum Gasteiger partial charge on any atom is 0.417 e. The van der Waals surface area contributed by atoms with E-state index in [0.29, 0.717) is 16.1 Å². The van der Waals surface area contributed by atoms with Gasteiger partial charge in [0, 0.05) is 10.7 Å². The van der Waals surface area contributed by atoms with E-state index in [1.807, 2.05) is 0 Å². The van der Waals surface area contributed by atoms with Crippen molar-refractivity contribution in [2.45, 2.75) is 49.7 Å². The second-order valence-corrected chi connectivity index (χ2v) is 8.55. The first-order chi connectivity index (χ1) is 14.0. The van der Waals surface area contributed by atoms with Crippen LogP contribution in [0.2, 0.25) is 5.02 Å². The fourth-order valence-corrected chi connectivity index (χ4v) is 4.33. The Morgan fingerprint density at radius 1 is 1.30 bits per heavy atom. The van der Waals surface area contributed by atoms with Crippen molar-refractivity contribution < 1.29 is 27.5 Å². The van der Waals surface area contributed by atoms with Crippen molar-refractivity contribution in [2.75, 3.05) is 0 Å². The molecule has 30 heavy (non-hydrogen) atoms. The molecule has 4 nitrogen and oxygen atoms in total. The first kappa shape index (κ1) is 23.0. The highest BCUT2D eigenvalue weighted by Gasteiger charge is 2.43. The van der Waals surface area contributed by atoms with Gasteiger partial charge in [0.25, 0.3) is 5.91 Å². The number of rotatable bonds is 4. The molecule has 1 aromatic carbocycles. The minimum absolute atomic E-state index is 0.0787. The van der Waals surface area contributed by atoms with E-state index in [4.69, 9.17) is 11.6 Å². The Labute approximate surface area is 183 Å². The quantitative estimate of drug-likeness (QED) is 0.525. The molecule has 162 valence electrons. The lowest BCUT2D eigenvalue weighted by Gasteiger charge is -2.40. The summed E-state index contributed by atoms with van der Waals surface area (Å²) in [5.74, 6) is -0.966. The Balaban J connectivity index is 1.97. The normalized spacial score (nSPS) is 23.1. The molecule has 1 amide bonds. The first-order valence-corrected chi connectivity index (χ1v) is 10.3. The summed E-state index contributed by atoms with van der Waals surface area (Å²) in [6.07, 6.45) is -4.58. The van der Waals surface area contributed by atoms with Gasteiger partial charge in [-0.05, 0) is 49.4 Å². The Morgan fingerprint density at radius 2 is 1.97 bits per heavy atom. The number of alkyl halides is 4. The summed E-state index contributed by atoms with van der Waals surface area (Å²) in [7, 11) is 0. The lowest BCUT2D eigenvalue weighted by molar-refractivity contribution is -0.137. The molecule has 1 saturated carbocycles. The van der Waals surface area contributed by atoms with Crippen molar-refractivity contribution in [2.24, 2.45) is 0 Å². The van der Waals surface area contributed by atoms with Crippen LogP contribution in [0.25, 0.3) is 0 Å². The van der Waals surface area contributed by atoms with Crippen LogP contribution in [0.5, 0.6) is 0 Å². The standard InChI is InChI=1S/C20H18BrClF4N2O2/c21-12-3-1-2-11(10-12)17(19(30)7-4-13(23)5-8-19)28-18(29)16-15(22)14(6-9-27-16)20(24,25)26/h1-3,6,9-10,13,17,30H,4-5,7-8H2,(H,28,29)/t13-,17-,19+/m1/s1. The fraction of sp³-hybridized carbons (Fsp3) is 0.400. The highest BCUT2D eigenvalue weighted by atomic mass is 79.9. The summed E-state index contributed by atoms with van der Waals surface area (Å²) in [6, 6.07) is 6.46. The van der Waals surface area contributed by atoms with Crippen LogP contribution in [0.15, 0.2) is 41.0 Å².